The number of hydrogen-bond acceptors (Lipinski definition) is 14. The number of esters is 1. The van der Waals surface area contributed by atoms with Crippen LogP contribution in [-0.2, 0) is 29.5 Å². The quantitative estimate of drug-likeness (QED) is 0.0114. The first-order chi connectivity index (χ1) is 38.2. The summed E-state index contributed by atoms with van der Waals surface area (Å²) in [6, 6.07) is 25.3. The Bertz CT molecular complexity index is 3060. The zero-order valence-electron chi connectivity index (χ0n) is 45.6. The van der Waals surface area contributed by atoms with Crippen molar-refractivity contribution in [2.24, 2.45) is 22.1 Å². The fourth-order valence-corrected chi connectivity index (χ4v) is 9.63. The SMILES string of the molecule is CC(C)C[C@H](NC(=O)CCCCCNC(=S)Nc1ccc2c(c1)C(=O)OC21c2ccc(O)cc2Oc2cc(O)ccc21)C(=O)N[C@@H](C(=O)N[C@@H](CCCCNC(=O)c1ccc(N=Nc2ccc(N(C)C)cc2)cc1)C(=O)O)C(C)C. The van der Waals surface area contributed by atoms with Gasteiger partial charge in [0, 0.05) is 79.4 Å². The Hall–Kier alpha value is -8.59. The molecule has 0 aliphatic carbocycles. The molecule has 0 unspecified atom stereocenters. The number of hydrogen-bond donors (Lipinski definition) is 9. The summed E-state index contributed by atoms with van der Waals surface area (Å²) >= 11 is 5.56. The van der Waals surface area contributed by atoms with E-state index in [0.29, 0.717) is 95.1 Å². The maximum Gasteiger partial charge on any atom is 0.340 e. The van der Waals surface area contributed by atoms with Crippen LogP contribution < -0.4 is 41.5 Å². The Balaban J connectivity index is 0.813. The molecule has 5 aromatic carbocycles. The molecule has 4 amide bonds. The lowest BCUT2D eigenvalue weighted by Gasteiger charge is -2.36. The molecule has 3 atom stereocenters. The summed E-state index contributed by atoms with van der Waals surface area (Å²) in [5.41, 5.74) is 3.76. The second kappa shape index (κ2) is 26.8. The van der Waals surface area contributed by atoms with Crippen LogP contribution in [0.25, 0.3) is 0 Å². The average Bonchev–Trinajstić information content (AvgIpc) is 3.95. The maximum absolute atomic E-state index is 13.7. The topological polar surface area (TPSA) is 282 Å². The highest BCUT2D eigenvalue weighted by Crippen LogP contribution is 2.57. The minimum Gasteiger partial charge on any atom is -0.508 e. The maximum atomic E-state index is 13.7. The summed E-state index contributed by atoms with van der Waals surface area (Å²) in [6.45, 7) is 8.04. The smallest absolute Gasteiger partial charge is 0.340 e. The molecular formula is C59H69N9O11S. The van der Waals surface area contributed by atoms with Crippen molar-refractivity contribution in [1.82, 2.24) is 26.6 Å². The number of aromatic hydroxyl groups is 2. The lowest BCUT2D eigenvalue weighted by molar-refractivity contribution is -0.142. The third-order valence-electron chi connectivity index (χ3n) is 13.6. The van der Waals surface area contributed by atoms with Crippen LogP contribution in [0.3, 0.4) is 0 Å². The molecular weight excluding hydrogens is 1040 g/mol. The van der Waals surface area contributed by atoms with Gasteiger partial charge >= 0.3 is 11.9 Å². The summed E-state index contributed by atoms with van der Waals surface area (Å²) in [6.07, 6.45) is 3.19. The van der Waals surface area contributed by atoms with E-state index in [1.165, 1.54) is 24.3 Å². The van der Waals surface area contributed by atoms with Gasteiger partial charge in [0.15, 0.2) is 10.7 Å². The minimum atomic E-state index is -1.39. The standard InChI is InChI=1S/C59H69N9O11S/c1-34(2)30-48(54(73)65-52(35(3)4)55(74)64-47(56(75)76)12-9-11-28-60-53(72)36-14-16-37(17-15-36)66-67-38-18-21-40(22-19-38)68(5)6)63-51(71)13-8-7-10-29-61-58(80)62-39-20-25-44-43(31-39)57(77)79-59(44)45-26-23-41(69)32-49(45)78-50-33-42(70)24-27-46(50)59/h14-27,31-35,47-48,52,69-70H,7-13,28-30H2,1-6H3,(H,60,72)(H,63,71)(H,64,74)(H,65,73)(H,75,76)(H2,61,62,80)/t47-,48-,52+/m0/s1. The van der Waals surface area contributed by atoms with Gasteiger partial charge in [0.1, 0.15) is 41.1 Å². The lowest BCUT2D eigenvalue weighted by atomic mass is 9.77. The number of azo groups is 1. The zero-order chi connectivity index (χ0) is 57.7. The van der Waals surface area contributed by atoms with Crippen LogP contribution in [0.2, 0.25) is 0 Å². The number of amides is 4. The van der Waals surface area contributed by atoms with Crippen LogP contribution >= 0.6 is 12.2 Å². The second-order valence-electron chi connectivity index (χ2n) is 20.8. The number of phenolic OH excluding ortho intramolecular Hbond substituents is 2. The highest BCUT2D eigenvalue weighted by molar-refractivity contribution is 7.80. The highest BCUT2D eigenvalue weighted by atomic mass is 32.1. The van der Waals surface area contributed by atoms with Crippen LogP contribution in [0, 0.1) is 11.8 Å². The van der Waals surface area contributed by atoms with E-state index in [0.717, 1.165) is 5.69 Å². The normalized spacial score (nSPS) is 13.9. The lowest BCUT2D eigenvalue weighted by Crippen LogP contribution is -2.57. The molecule has 9 N–H and O–H groups in total. The molecule has 422 valence electrons. The third kappa shape index (κ3) is 14.9. The van der Waals surface area contributed by atoms with Gasteiger partial charge in [-0.3, -0.25) is 19.2 Å². The third-order valence-corrected chi connectivity index (χ3v) is 13.8. The number of rotatable bonds is 25. The van der Waals surface area contributed by atoms with E-state index in [2.05, 4.69) is 42.1 Å². The molecule has 0 fully saturated rings. The van der Waals surface area contributed by atoms with Crippen LogP contribution in [0.5, 0.6) is 23.0 Å². The molecule has 2 aliphatic heterocycles. The summed E-state index contributed by atoms with van der Waals surface area (Å²) < 4.78 is 12.2. The van der Waals surface area contributed by atoms with Crippen LogP contribution in [-0.4, -0.2) is 101 Å². The number of aliphatic carboxylic acids is 1. The molecule has 21 heteroatoms. The van der Waals surface area contributed by atoms with Crippen LogP contribution in [0.1, 0.15) is 116 Å². The molecule has 0 radical (unpaired) electrons. The number of carbonyl (C=O) groups is 6. The summed E-state index contributed by atoms with van der Waals surface area (Å²) in [5.74, 6) is -3.61. The van der Waals surface area contributed by atoms with Gasteiger partial charge in [-0.1, -0.05) is 40.2 Å². The van der Waals surface area contributed by atoms with Gasteiger partial charge in [-0.2, -0.15) is 10.2 Å². The number of nitrogens with zero attached hydrogens (tertiary/aromatic N) is 3. The van der Waals surface area contributed by atoms with Gasteiger partial charge in [0.05, 0.1) is 16.9 Å². The Morgan fingerprint density at radius 1 is 0.675 bits per heavy atom. The number of fused-ring (bicyclic) bond motifs is 6. The Morgan fingerprint density at radius 3 is 1.88 bits per heavy atom. The van der Waals surface area contributed by atoms with Gasteiger partial charge in [0.25, 0.3) is 5.91 Å². The molecule has 0 bridgehead atoms. The Morgan fingerprint density at radius 2 is 1.27 bits per heavy atom. The largest absolute Gasteiger partial charge is 0.508 e. The second-order valence-corrected chi connectivity index (χ2v) is 21.2. The predicted molar refractivity (Wildman–Crippen MR) is 306 cm³/mol. The number of phenols is 2. The van der Waals surface area contributed by atoms with Gasteiger partial charge < -0.3 is 61.6 Å². The van der Waals surface area contributed by atoms with E-state index < -0.39 is 53.4 Å². The van der Waals surface area contributed by atoms with Crippen LogP contribution in [0.4, 0.5) is 22.7 Å². The number of carboxylic acids is 1. The number of thiocarbonyl (C=S) groups is 1. The number of benzene rings is 5. The fraction of sp³-hybridized carbons (Fsp3) is 0.373. The Labute approximate surface area is 470 Å². The van der Waals surface area contributed by atoms with Crippen molar-refractivity contribution < 1.29 is 53.6 Å². The molecule has 20 nitrogen and oxygen atoms in total. The van der Waals surface area contributed by atoms with Crippen molar-refractivity contribution in [2.45, 2.75) is 103 Å². The van der Waals surface area contributed by atoms with Gasteiger partial charge in [-0.05, 0) is 148 Å². The van der Waals surface area contributed by atoms with Crippen molar-refractivity contribution in [2.75, 3.05) is 37.4 Å². The van der Waals surface area contributed by atoms with Gasteiger partial charge in [0.2, 0.25) is 17.7 Å². The summed E-state index contributed by atoms with van der Waals surface area (Å²) in [7, 11) is 3.91. The number of carboxylic acid groups (broad SMARTS) is 1. The molecule has 0 aromatic heterocycles. The van der Waals surface area contributed by atoms with E-state index in [9.17, 15) is 44.1 Å². The average molecular weight is 1110 g/mol. The van der Waals surface area contributed by atoms with Gasteiger partial charge in [-0.15, -0.1) is 0 Å². The summed E-state index contributed by atoms with van der Waals surface area (Å²) in [4.78, 5) is 81.1. The molecule has 0 saturated carbocycles. The zero-order valence-corrected chi connectivity index (χ0v) is 46.4. The first-order valence-electron chi connectivity index (χ1n) is 26.7. The number of unbranched alkanes of at least 4 members (excludes halogenated alkanes) is 3. The molecule has 1 spiro atoms. The van der Waals surface area contributed by atoms with E-state index in [4.69, 9.17) is 21.7 Å². The minimum absolute atomic E-state index is 0.0132. The molecule has 2 heterocycles. The number of anilines is 2. The van der Waals surface area contributed by atoms with Crippen molar-refractivity contribution in [1.29, 1.82) is 0 Å². The molecule has 2 aliphatic rings. The molecule has 0 saturated heterocycles. The predicted octanol–water partition coefficient (Wildman–Crippen LogP) is 8.84. The van der Waals surface area contributed by atoms with Crippen molar-refractivity contribution in [3.8, 4) is 23.0 Å². The molecule has 5 aromatic rings. The fourth-order valence-electron chi connectivity index (χ4n) is 9.41. The first-order valence-corrected chi connectivity index (χ1v) is 27.1. The first kappa shape index (κ1) is 59.1. The molecule has 80 heavy (non-hydrogen) atoms. The summed E-state index contributed by atoms with van der Waals surface area (Å²) in [5, 5.41) is 56.5. The van der Waals surface area contributed by atoms with Crippen LogP contribution in [0.15, 0.2) is 113 Å². The van der Waals surface area contributed by atoms with E-state index in [1.54, 1.807) is 68.4 Å². The number of ether oxygens (including phenoxy) is 2. The number of carbonyl (C=O) groups excluding carboxylic acids is 5. The van der Waals surface area contributed by atoms with E-state index in [1.807, 2.05) is 57.1 Å². The Kier molecular flexibility index (Phi) is 19.8. The molecule has 7 rings (SSSR count). The monoisotopic (exact) mass is 1110 g/mol. The van der Waals surface area contributed by atoms with Crippen molar-refractivity contribution in [3.63, 3.8) is 0 Å². The highest BCUT2D eigenvalue weighted by Gasteiger charge is 2.53. The van der Waals surface area contributed by atoms with Crippen molar-refractivity contribution >= 4 is 75.6 Å². The van der Waals surface area contributed by atoms with Gasteiger partial charge in [-0.25, -0.2) is 9.59 Å². The van der Waals surface area contributed by atoms with Crippen molar-refractivity contribution in [3.05, 3.63) is 131 Å². The number of nitrogens with one attached hydrogen (secondary N) is 6. The van der Waals surface area contributed by atoms with E-state index >= 15 is 0 Å². The van der Waals surface area contributed by atoms with E-state index in [-0.39, 0.29) is 60.1 Å².